The second-order valence-electron chi connectivity index (χ2n) is 4.95. The number of anilines is 1. The predicted molar refractivity (Wildman–Crippen MR) is 96.7 cm³/mol. The van der Waals surface area contributed by atoms with Crippen LogP contribution in [0, 0.1) is 11.3 Å². The van der Waals surface area contributed by atoms with Crippen LogP contribution >= 0.6 is 22.9 Å². The Morgan fingerprint density at radius 2 is 1.71 bits per heavy atom. The third-order valence-corrected chi connectivity index (χ3v) is 5.90. The van der Waals surface area contributed by atoms with E-state index in [-0.39, 0.29) is 4.90 Å². The van der Waals surface area contributed by atoms with Gasteiger partial charge in [0.25, 0.3) is 10.0 Å². The van der Waals surface area contributed by atoms with Gasteiger partial charge in [-0.3, -0.25) is 4.72 Å². The maximum absolute atomic E-state index is 12.4. The Labute approximate surface area is 149 Å². The van der Waals surface area contributed by atoms with E-state index in [1.54, 1.807) is 23.6 Å². The van der Waals surface area contributed by atoms with E-state index in [2.05, 4.69) is 10.8 Å². The van der Waals surface area contributed by atoms with Crippen LogP contribution in [-0.2, 0) is 10.0 Å². The number of nitrogens with one attached hydrogen (secondary N) is 1. The van der Waals surface area contributed by atoms with Crippen molar-refractivity contribution in [3.63, 3.8) is 0 Å². The van der Waals surface area contributed by atoms with Crippen molar-refractivity contribution in [2.45, 2.75) is 4.90 Å². The number of thiophene rings is 1. The number of sulfonamides is 1. The molecule has 0 aliphatic rings. The standard InChI is InChI=1S/C17H11ClN2O2S2/c18-14-5-7-16(8-6-14)24(21,22)20-15-9-17(23-11-15)13-3-1-12(10-19)2-4-13/h1-9,11,20H. The zero-order valence-electron chi connectivity index (χ0n) is 12.2. The van der Waals surface area contributed by atoms with Crippen LogP contribution in [0.15, 0.2) is 64.9 Å². The Bertz CT molecular complexity index is 1000. The lowest BCUT2D eigenvalue weighted by Gasteiger charge is -2.06. The van der Waals surface area contributed by atoms with Gasteiger partial charge in [-0.15, -0.1) is 11.3 Å². The molecule has 0 bridgehead atoms. The van der Waals surface area contributed by atoms with Crippen LogP contribution in [0.4, 0.5) is 5.69 Å². The summed E-state index contributed by atoms with van der Waals surface area (Å²) in [5, 5.41) is 11.0. The molecule has 4 nitrogen and oxygen atoms in total. The normalized spacial score (nSPS) is 11.0. The fourth-order valence-electron chi connectivity index (χ4n) is 2.08. The molecule has 0 aliphatic heterocycles. The molecular formula is C17H11ClN2O2S2. The predicted octanol–water partition coefficient (Wildman–Crippen LogP) is 4.74. The highest BCUT2D eigenvalue weighted by Crippen LogP contribution is 2.31. The molecule has 1 heterocycles. The number of rotatable bonds is 4. The van der Waals surface area contributed by atoms with E-state index < -0.39 is 10.0 Å². The number of hydrogen-bond donors (Lipinski definition) is 1. The molecule has 3 aromatic rings. The first-order chi connectivity index (χ1) is 11.5. The maximum atomic E-state index is 12.4. The van der Waals surface area contributed by atoms with Gasteiger partial charge in [-0.25, -0.2) is 8.42 Å². The molecule has 0 fully saturated rings. The topological polar surface area (TPSA) is 70.0 Å². The summed E-state index contributed by atoms with van der Waals surface area (Å²) in [5.41, 5.74) is 2.00. The van der Waals surface area contributed by atoms with Crippen LogP contribution in [0.25, 0.3) is 10.4 Å². The lowest BCUT2D eigenvalue weighted by Crippen LogP contribution is -2.12. The quantitative estimate of drug-likeness (QED) is 0.716. The van der Waals surface area contributed by atoms with Gasteiger partial charge in [0, 0.05) is 15.3 Å². The summed E-state index contributed by atoms with van der Waals surface area (Å²) in [6.07, 6.45) is 0. The molecule has 0 saturated heterocycles. The number of nitriles is 1. The van der Waals surface area contributed by atoms with Crippen molar-refractivity contribution >= 4 is 38.6 Å². The molecule has 0 atom stereocenters. The second-order valence-corrected chi connectivity index (χ2v) is 7.98. The summed E-state index contributed by atoms with van der Waals surface area (Å²) in [4.78, 5) is 1.06. The van der Waals surface area contributed by atoms with E-state index in [1.165, 1.54) is 35.6 Å². The average molecular weight is 375 g/mol. The van der Waals surface area contributed by atoms with Gasteiger partial charge in [0.05, 0.1) is 22.2 Å². The Morgan fingerprint density at radius 3 is 2.33 bits per heavy atom. The fourth-order valence-corrected chi connectivity index (χ4v) is 4.17. The van der Waals surface area contributed by atoms with Gasteiger partial charge < -0.3 is 0 Å². The zero-order chi connectivity index (χ0) is 17.2. The molecular weight excluding hydrogens is 364 g/mol. The number of hydrogen-bond acceptors (Lipinski definition) is 4. The van der Waals surface area contributed by atoms with Gasteiger partial charge in [0.1, 0.15) is 0 Å². The van der Waals surface area contributed by atoms with E-state index in [0.717, 1.165) is 10.4 Å². The molecule has 0 amide bonds. The van der Waals surface area contributed by atoms with Gasteiger partial charge >= 0.3 is 0 Å². The Morgan fingerprint density at radius 1 is 1.04 bits per heavy atom. The van der Waals surface area contributed by atoms with Crippen LogP contribution < -0.4 is 4.72 Å². The summed E-state index contributed by atoms with van der Waals surface area (Å²) in [6, 6.07) is 16.9. The summed E-state index contributed by atoms with van der Waals surface area (Å²) < 4.78 is 27.3. The van der Waals surface area contributed by atoms with E-state index in [9.17, 15) is 8.42 Å². The Balaban J connectivity index is 1.83. The summed E-state index contributed by atoms with van der Waals surface area (Å²) in [6.45, 7) is 0. The van der Waals surface area contributed by atoms with E-state index in [0.29, 0.717) is 16.3 Å². The Kier molecular flexibility index (Phi) is 4.58. The summed E-state index contributed by atoms with van der Waals surface area (Å²) in [7, 11) is -3.65. The van der Waals surface area contributed by atoms with Crippen LogP contribution in [-0.4, -0.2) is 8.42 Å². The first kappa shape index (κ1) is 16.5. The largest absolute Gasteiger partial charge is 0.279 e. The van der Waals surface area contributed by atoms with Crippen molar-refractivity contribution in [1.82, 2.24) is 0 Å². The molecule has 0 radical (unpaired) electrons. The van der Waals surface area contributed by atoms with Crippen molar-refractivity contribution in [1.29, 1.82) is 5.26 Å². The fraction of sp³-hybridized carbons (Fsp3) is 0. The molecule has 3 rings (SSSR count). The lowest BCUT2D eigenvalue weighted by molar-refractivity contribution is 0.601. The molecule has 0 aliphatic carbocycles. The molecule has 0 saturated carbocycles. The van der Waals surface area contributed by atoms with Gasteiger partial charge in [0.15, 0.2) is 0 Å². The summed E-state index contributed by atoms with van der Waals surface area (Å²) in [5.74, 6) is 0. The number of benzene rings is 2. The van der Waals surface area contributed by atoms with Gasteiger partial charge in [-0.2, -0.15) is 5.26 Å². The van der Waals surface area contributed by atoms with Crippen LogP contribution in [0.5, 0.6) is 0 Å². The van der Waals surface area contributed by atoms with Crippen LogP contribution in [0.2, 0.25) is 5.02 Å². The summed E-state index contributed by atoms with van der Waals surface area (Å²) >= 11 is 7.20. The minimum absolute atomic E-state index is 0.151. The van der Waals surface area contributed by atoms with Crippen molar-refractivity contribution < 1.29 is 8.42 Å². The van der Waals surface area contributed by atoms with Crippen LogP contribution in [0.1, 0.15) is 5.56 Å². The van der Waals surface area contributed by atoms with Crippen LogP contribution in [0.3, 0.4) is 0 Å². The lowest BCUT2D eigenvalue weighted by atomic mass is 10.1. The smallest absolute Gasteiger partial charge is 0.261 e. The van der Waals surface area contributed by atoms with E-state index >= 15 is 0 Å². The van der Waals surface area contributed by atoms with Gasteiger partial charge in [-0.1, -0.05) is 23.7 Å². The molecule has 0 unspecified atom stereocenters. The van der Waals surface area contributed by atoms with Crippen molar-refractivity contribution in [3.05, 3.63) is 70.6 Å². The van der Waals surface area contributed by atoms with Crippen molar-refractivity contribution in [2.75, 3.05) is 4.72 Å². The highest BCUT2D eigenvalue weighted by atomic mass is 35.5. The molecule has 24 heavy (non-hydrogen) atoms. The third kappa shape index (κ3) is 3.60. The highest BCUT2D eigenvalue weighted by Gasteiger charge is 2.15. The molecule has 1 aromatic heterocycles. The van der Waals surface area contributed by atoms with Crippen molar-refractivity contribution in [3.8, 4) is 16.5 Å². The molecule has 2 aromatic carbocycles. The molecule has 0 spiro atoms. The first-order valence-electron chi connectivity index (χ1n) is 6.85. The van der Waals surface area contributed by atoms with Gasteiger partial charge in [-0.05, 0) is 48.0 Å². The van der Waals surface area contributed by atoms with Gasteiger partial charge in [0.2, 0.25) is 0 Å². The van der Waals surface area contributed by atoms with Crippen molar-refractivity contribution in [2.24, 2.45) is 0 Å². The monoisotopic (exact) mass is 374 g/mol. The number of halogens is 1. The number of nitrogens with zero attached hydrogens (tertiary/aromatic N) is 1. The third-order valence-electron chi connectivity index (χ3n) is 3.27. The molecule has 1 N–H and O–H groups in total. The second kappa shape index (κ2) is 6.65. The minimum Gasteiger partial charge on any atom is -0.279 e. The maximum Gasteiger partial charge on any atom is 0.261 e. The molecule has 120 valence electrons. The minimum atomic E-state index is -3.65. The zero-order valence-corrected chi connectivity index (χ0v) is 14.6. The first-order valence-corrected chi connectivity index (χ1v) is 9.59. The average Bonchev–Trinajstić information content (AvgIpc) is 3.03. The Hall–Kier alpha value is -2.33. The van der Waals surface area contributed by atoms with E-state index in [1.807, 2.05) is 12.1 Å². The highest BCUT2D eigenvalue weighted by molar-refractivity contribution is 7.92. The SMILES string of the molecule is N#Cc1ccc(-c2cc(NS(=O)(=O)c3ccc(Cl)cc3)cs2)cc1. The molecule has 7 heteroatoms. The van der Waals surface area contributed by atoms with E-state index in [4.69, 9.17) is 16.9 Å².